The second-order valence-corrected chi connectivity index (χ2v) is 8.07. The molecule has 0 aliphatic heterocycles. The van der Waals surface area contributed by atoms with Crippen molar-refractivity contribution in [2.45, 2.75) is 33.1 Å². The first-order valence-electron chi connectivity index (χ1n) is 11.1. The van der Waals surface area contributed by atoms with Gasteiger partial charge in [-0.25, -0.2) is 19.0 Å². The van der Waals surface area contributed by atoms with Crippen LogP contribution in [0.3, 0.4) is 0 Å². The second-order valence-electron chi connectivity index (χ2n) is 8.07. The number of imidazole rings is 1. The molecule has 0 saturated carbocycles. The molecule has 0 aliphatic carbocycles. The van der Waals surface area contributed by atoms with E-state index in [1.54, 1.807) is 29.3 Å². The van der Waals surface area contributed by atoms with E-state index in [4.69, 9.17) is 15.2 Å². The van der Waals surface area contributed by atoms with Gasteiger partial charge in [-0.3, -0.25) is 0 Å². The monoisotopic (exact) mass is 460 g/mol. The van der Waals surface area contributed by atoms with E-state index in [9.17, 15) is 4.39 Å². The summed E-state index contributed by atoms with van der Waals surface area (Å²) in [4.78, 5) is 8.92. The first kappa shape index (κ1) is 21.8. The number of halogens is 1. The summed E-state index contributed by atoms with van der Waals surface area (Å²) in [6.07, 6.45) is 5.88. The highest BCUT2D eigenvalue weighted by atomic mass is 19.1. The lowest BCUT2D eigenvalue weighted by Gasteiger charge is -2.20. The van der Waals surface area contributed by atoms with E-state index in [-0.39, 0.29) is 11.6 Å². The maximum absolute atomic E-state index is 13.7. The maximum atomic E-state index is 13.7. The Hall–Kier alpha value is -3.98. The molecule has 34 heavy (non-hydrogen) atoms. The third-order valence-electron chi connectivity index (χ3n) is 5.61. The number of nitrogens with two attached hydrogens (primary N) is 1. The first-order chi connectivity index (χ1) is 16.5. The van der Waals surface area contributed by atoms with Crippen molar-refractivity contribution in [1.29, 1.82) is 0 Å². The lowest BCUT2D eigenvalue weighted by atomic mass is 10.1. The van der Waals surface area contributed by atoms with Crippen molar-refractivity contribution in [3.8, 4) is 11.4 Å². The van der Waals surface area contributed by atoms with Gasteiger partial charge in [-0.15, -0.1) is 0 Å². The van der Waals surface area contributed by atoms with E-state index in [2.05, 4.69) is 22.0 Å². The van der Waals surface area contributed by atoms with Gasteiger partial charge in [-0.05, 0) is 55.8 Å². The molecule has 2 aromatic carbocycles. The van der Waals surface area contributed by atoms with Crippen LogP contribution in [0.25, 0.3) is 27.6 Å². The number of hydrogen-bond acceptors (Lipinski definition) is 6. The number of hydrogen-bond donors (Lipinski definition) is 1. The number of rotatable bonds is 8. The van der Waals surface area contributed by atoms with Crippen molar-refractivity contribution in [2.24, 2.45) is 0 Å². The zero-order chi connectivity index (χ0) is 23.7. The summed E-state index contributed by atoms with van der Waals surface area (Å²) < 4.78 is 29.5. The molecular weight excluding hydrogens is 435 g/mol. The molecule has 0 spiro atoms. The molecule has 0 fully saturated rings. The number of pyridine rings is 1. The van der Waals surface area contributed by atoms with Gasteiger partial charge in [-0.2, -0.15) is 5.10 Å². The standard InChI is InChI=1S/C25H25FN6O2/c1-3-9-33-15-31-14-28-21-13-22(32-8-4-7-29-32)19(12-23(21)31)16(2)34-24-11-17-10-18(26)5-6-20(17)30-25(24)27/h4-8,10-14,16H,3,9,15H2,1-2H3,(H2,27,30). The number of nitrogen functional groups attached to an aromatic ring is 1. The molecule has 0 amide bonds. The highest BCUT2D eigenvalue weighted by molar-refractivity contribution is 5.83. The number of ether oxygens (including phenoxy) is 2. The lowest BCUT2D eigenvalue weighted by molar-refractivity contribution is 0.0800. The van der Waals surface area contributed by atoms with Crippen LogP contribution in [0.1, 0.15) is 31.9 Å². The SMILES string of the molecule is CCCOCn1cnc2cc(-n3cccn3)c(C(C)Oc3cc4cc(F)ccc4nc3N)cc21. The van der Waals surface area contributed by atoms with E-state index in [0.29, 0.717) is 30.0 Å². The predicted molar refractivity (Wildman–Crippen MR) is 128 cm³/mol. The van der Waals surface area contributed by atoms with Crippen molar-refractivity contribution in [3.05, 3.63) is 72.6 Å². The molecule has 0 bridgehead atoms. The zero-order valence-electron chi connectivity index (χ0n) is 19.0. The molecule has 9 heteroatoms. The molecule has 1 unspecified atom stereocenters. The quantitative estimate of drug-likeness (QED) is 0.327. The van der Waals surface area contributed by atoms with Crippen molar-refractivity contribution in [3.63, 3.8) is 0 Å². The predicted octanol–water partition coefficient (Wildman–Crippen LogP) is 5.02. The van der Waals surface area contributed by atoms with Gasteiger partial charge in [0, 0.05) is 30.0 Å². The number of aromatic nitrogens is 5. The Bertz CT molecular complexity index is 1450. The number of nitrogens with zero attached hydrogens (tertiary/aromatic N) is 5. The summed E-state index contributed by atoms with van der Waals surface area (Å²) in [6.45, 7) is 5.08. The third kappa shape index (κ3) is 4.17. The summed E-state index contributed by atoms with van der Waals surface area (Å²) in [5.74, 6) is 0.283. The van der Waals surface area contributed by atoms with Gasteiger partial charge in [0.15, 0.2) is 11.6 Å². The molecule has 0 saturated heterocycles. The first-order valence-corrected chi connectivity index (χ1v) is 11.1. The summed E-state index contributed by atoms with van der Waals surface area (Å²) in [5.41, 5.74) is 10.2. The summed E-state index contributed by atoms with van der Waals surface area (Å²) in [6, 6.07) is 11.9. The van der Waals surface area contributed by atoms with Crippen LogP contribution >= 0.6 is 0 Å². The normalized spacial score (nSPS) is 12.4. The van der Waals surface area contributed by atoms with E-state index in [0.717, 1.165) is 28.7 Å². The highest BCUT2D eigenvalue weighted by Crippen LogP contribution is 2.33. The van der Waals surface area contributed by atoms with E-state index >= 15 is 0 Å². The van der Waals surface area contributed by atoms with Crippen LogP contribution in [0.4, 0.5) is 10.2 Å². The molecule has 3 heterocycles. The van der Waals surface area contributed by atoms with Crippen molar-refractivity contribution in [1.82, 2.24) is 24.3 Å². The van der Waals surface area contributed by atoms with Crippen molar-refractivity contribution >= 4 is 27.8 Å². The summed E-state index contributed by atoms with van der Waals surface area (Å²) in [7, 11) is 0. The minimum Gasteiger partial charge on any atom is -0.482 e. The Balaban J connectivity index is 1.55. The Kier molecular flexibility index (Phi) is 5.85. The molecule has 3 aromatic heterocycles. The molecule has 174 valence electrons. The van der Waals surface area contributed by atoms with Gasteiger partial charge in [0.2, 0.25) is 0 Å². The van der Waals surface area contributed by atoms with E-state index < -0.39 is 6.10 Å². The van der Waals surface area contributed by atoms with Gasteiger partial charge in [-0.1, -0.05) is 6.92 Å². The number of anilines is 1. The van der Waals surface area contributed by atoms with Crippen molar-refractivity contribution < 1.29 is 13.9 Å². The fraction of sp³-hybridized carbons (Fsp3) is 0.240. The van der Waals surface area contributed by atoms with Crippen LogP contribution in [-0.2, 0) is 11.5 Å². The average Bonchev–Trinajstić information content (AvgIpc) is 3.49. The van der Waals surface area contributed by atoms with Crippen LogP contribution in [0.15, 0.2) is 61.2 Å². The molecule has 2 N–H and O–H groups in total. The topological polar surface area (TPSA) is 93.0 Å². The molecule has 1 atom stereocenters. The van der Waals surface area contributed by atoms with Crippen LogP contribution in [-0.4, -0.2) is 30.9 Å². The molecule has 5 rings (SSSR count). The van der Waals surface area contributed by atoms with Gasteiger partial charge in [0.25, 0.3) is 0 Å². The fourth-order valence-corrected chi connectivity index (χ4v) is 3.95. The highest BCUT2D eigenvalue weighted by Gasteiger charge is 2.19. The van der Waals surface area contributed by atoms with E-state index in [1.165, 1.54) is 12.1 Å². The average molecular weight is 461 g/mol. The van der Waals surface area contributed by atoms with Gasteiger partial charge >= 0.3 is 0 Å². The largest absolute Gasteiger partial charge is 0.482 e. The van der Waals surface area contributed by atoms with Crippen molar-refractivity contribution in [2.75, 3.05) is 12.3 Å². The third-order valence-corrected chi connectivity index (χ3v) is 5.61. The van der Waals surface area contributed by atoms with Crippen LogP contribution in [0, 0.1) is 5.82 Å². The second kappa shape index (κ2) is 9.11. The molecule has 8 nitrogen and oxygen atoms in total. The van der Waals surface area contributed by atoms with Crippen LogP contribution in [0.5, 0.6) is 5.75 Å². The Morgan fingerprint density at radius 1 is 1.15 bits per heavy atom. The molecular formula is C25H25FN6O2. The minimum atomic E-state index is -0.418. The molecule has 0 aliphatic rings. The molecule has 0 radical (unpaired) electrons. The Labute approximate surface area is 195 Å². The zero-order valence-corrected chi connectivity index (χ0v) is 19.0. The van der Waals surface area contributed by atoms with Crippen LogP contribution in [0.2, 0.25) is 0 Å². The van der Waals surface area contributed by atoms with E-state index in [1.807, 2.05) is 35.9 Å². The number of benzene rings is 2. The lowest BCUT2D eigenvalue weighted by Crippen LogP contribution is -2.11. The van der Waals surface area contributed by atoms with Crippen LogP contribution < -0.4 is 10.5 Å². The summed E-state index contributed by atoms with van der Waals surface area (Å²) >= 11 is 0. The van der Waals surface area contributed by atoms with Gasteiger partial charge in [0.1, 0.15) is 18.7 Å². The smallest absolute Gasteiger partial charge is 0.166 e. The Morgan fingerprint density at radius 3 is 2.82 bits per heavy atom. The minimum absolute atomic E-state index is 0.241. The number of fused-ring (bicyclic) bond motifs is 2. The van der Waals surface area contributed by atoms with Gasteiger partial charge < -0.3 is 19.8 Å². The molecule has 5 aromatic rings. The maximum Gasteiger partial charge on any atom is 0.166 e. The fourth-order valence-electron chi connectivity index (χ4n) is 3.95. The Morgan fingerprint density at radius 2 is 2.03 bits per heavy atom. The van der Waals surface area contributed by atoms with Gasteiger partial charge in [0.05, 0.1) is 28.6 Å². The summed E-state index contributed by atoms with van der Waals surface area (Å²) in [5, 5.41) is 5.02.